The van der Waals surface area contributed by atoms with Gasteiger partial charge in [-0.2, -0.15) is 0 Å². The van der Waals surface area contributed by atoms with Crippen LogP contribution in [0.5, 0.6) is 0 Å². The molecule has 0 spiro atoms. The number of hydrogen-bond acceptors (Lipinski definition) is 0. The highest BCUT2D eigenvalue weighted by Gasteiger charge is 2.31. The molecule has 0 amide bonds. The summed E-state index contributed by atoms with van der Waals surface area (Å²) in [5, 5.41) is 0. The maximum absolute atomic E-state index is 4.06. The third-order valence-electron chi connectivity index (χ3n) is 5.86. The third-order valence-corrected chi connectivity index (χ3v) is 5.86. The molecular formula is C25H30. The number of hydrogen-bond donors (Lipinski definition) is 0. The minimum Gasteiger partial charge on any atom is -0.0955 e. The van der Waals surface area contributed by atoms with Crippen molar-refractivity contribution >= 4 is 11.6 Å². The van der Waals surface area contributed by atoms with Crippen LogP contribution >= 0.6 is 0 Å². The number of aryl methyl sites for hydroxylation is 1. The topological polar surface area (TPSA) is 0 Å². The first kappa shape index (κ1) is 17.7. The molecule has 2 aromatic rings. The number of benzene rings is 2. The maximum atomic E-state index is 4.06. The van der Waals surface area contributed by atoms with E-state index in [0.29, 0.717) is 11.8 Å². The first-order chi connectivity index (χ1) is 12.0. The molecule has 1 atom stereocenters. The van der Waals surface area contributed by atoms with Crippen LogP contribution in [0.1, 0.15) is 68.7 Å². The minimum atomic E-state index is 0.556. The largest absolute Gasteiger partial charge is 0.0955 e. The summed E-state index contributed by atoms with van der Waals surface area (Å²) in [5.41, 5.74) is 11.0. The van der Waals surface area contributed by atoms with Gasteiger partial charge in [-0.3, -0.25) is 0 Å². The van der Waals surface area contributed by atoms with Gasteiger partial charge in [0.1, 0.15) is 0 Å². The second kappa shape index (κ2) is 7.04. The average molecular weight is 331 g/mol. The van der Waals surface area contributed by atoms with Gasteiger partial charge in [0.2, 0.25) is 0 Å². The summed E-state index contributed by atoms with van der Waals surface area (Å²) < 4.78 is 0. The van der Waals surface area contributed by atoms with Gasteiger partial charge in [-0.05, 0) is 60.1 Å². The van der Waals surface area contributed by atoms with E-state index in [4.69, 9.17) is 0 Å². The monoisotopic (exact) mass is 330 g/mol. The normalized spacial score (nSPS) is 16.1. The highest BCUT2D eigenvalue weighted by molar-refractivity contribution is 5.81. The summed E-state index contributed by atoms with van der Waals surface area (Å²) in [6, 6.07) is 13.5. The van der Waals surface area contributed by atoms with Gasteiger partial charge in [0, 0.05) is 5.92 Å². The van der Waals surface area contributed by atoms with Gasteiger partial charge in [0.15, 0.2) is 0 Å². The van der Waals surface area contributed by atoms with Crippen LogP contribution in [0.4, 0.5) is 0 Å². The fourth-order valence-corrected chi connectivity index (χ4v) is 4.44. The van der Waals surface area contributed by atoms with Gasteiger partial charge < -0.3 is 0 Å². The van der Waals surface area contributed by atoms with E-state index in [1.54, 1.807) is 5.56 Å². The average Bonchev–Trinajstić information content (AvgIpc) is 2.93. The Morgan fingerprint density at radius 2 is 1.64 bits per heavy atom. The van der Waals surface area contributed by atoms with Crippen molar-refractivity contribution in [3.8, 4) is 11.1 Å². The van der Waals surface area contributed by atoms with Crippen LogP contribution in [0, 0.1) is 12.8 Å². The van der Waals surface area contributed by atoms with E-state index in [9.17, 15) is 0 Å². The van der Waals surface area contributed by atoms with Crippen LogP contribution in [0.25, 0.3) is 22.8 Å². The molecule has 1 unspecified atom stereocenters. The molecule has 0 heteroatoms. The van der Waals surface area contributed by atoms with Crippen molar-refractivity contribution in [2.75, 3.05) is 0 Å². The molecule has 0 bridgehead atoms. The molecule has 0 aromatic heterocycles. The Balaban J connectivity index is 2.17. The maximum Gasteiger partial charge on any atom is 0.00890 e. The molecule has 1 aliphatic carbocycles. The lowest BCUT2D eigenvalue weighted by molar-refractivity contribution is 0.438. The van der Waals surface area contributed by atoms with Gasteiger partial charge >= 0.3 is 0 Å². The Labute approximate surface area is 153 Å². The van der Waals surface area contributed by atoms with E-state index in [0.717, 1.165) is 5.57 Å². The Morgan fingerprint density at radius 1 is 1.00 bits per heavy atom. The molecule has 2 aromatic carbocycles. The zero-order valence-corrected chi connectivity index (χ0v) is 16.3. The van der Waals surface area contributed by atoms with Crippen LogP contribution in [-0.4, -0.2) is 0 Å². The van der Waals surface area contributed by atoms with Crippen molar-refractivity contribution in [2.24, 2.45) is 5.92 Å². The van der Waals surface area contributed by atoms with Crippen LogP contribution in [0.2, 0.25) is 0 Å². The van der Waals surface area contributed by atoms with Gasteiger partial charge in [0.25, 0.3) is 0 Å². The van der Waals surface area contributed by atoms with Crippen molar-refractivity contribution in [1.82, 2.24) is 0 Å². The number of rotatable bonds is 5. The second-order valence-electron chi connectivity index (χ2n) is 7.56. The van der Waals surface area contributed by atoms with Gasteiger partial charge in [0.05, 0.1) is 0 Å². The zero-order valence-electron chi connectivity index (χ0n) is 16.3. The molecule has 0 N–H and O–H groups in total. The first-order valence-corrected chi connectivity index (χ1v) is 9.55. The summed E-state index contributed by atoms with van der Waals surface area (Å²) in [5.74, 6) is 1.27. The molecule has 0 saturated carbocycles. The molecule has 0 fully saturated rings. The van der Waals surface area contributed by atoms with E-state index in [1.165, 1.54) is 46.2 Å². The standard InChI is InChI=1S/C25H30/c1-7-19(8-2)24-18(6)15-22-10-9-17(5)23(25(22)24)21-13-11-20(12-14-21)16(3)4/h9-15,19,24H,3,7-8H2,1-2,4-6H3. The van der Waals surface area contributed by atoms with Crippen molar-refractivity contribution < 1.29 is 0 Å². The van der Waals surface area contributed by atoms with Crippen LogP contribution < -0.4 is 0 Å². The SMILES string of the molecule is C=C(C)c1ccc(-c2c(C)ccc3c2C(C(CC)CC)C(C)=C3)cc1. The summed E-state index contributed by atoms with van der Waals surface area (Å²) in [6.07, 6.45) is 4.87. The van der Waals surface area contributed by atoms with Gasteiger partial charge in [-0.15, -0.1) is 0 Å². The van der Waals surface area contributed by atoms with E-state index in [1.807, 2.05) is 0 Å². The van der Waals surface area contributed by atoms with Gasteiger partial charge in [-0.25, -0.2) is 0 Å². The first-order valence-electron chi connectivity index (χ1n) is 9.55. The zero-order chi connectivity index (χ0) is 18.1. The molecule has 0 saturated heterocycles. The van der Waals surface area contributed by atoms with E-state index in [2.05, 4.69) is 83.7 Å². The summed E-state index contributed by atoms with van der Waals surface area (Å²) in [4.78, 5) is 0. The summed E-state index contributed by atoms with van der Waals surface area (Å²) >= 11 is 0. The lowest BCUT2D eigenvalue weighted by atomic mass is 9.77. The molecule has 130 valence electrons. The Bertz CT molecular complexity index is 814. The fourth-order valence-electron chi connectivity index (χ4n) is 4.44. The summed E-state index contributed by atoms with van der Waals surface area (Å²) in [7, 11) is 0. The van der Waals surface area contributed by atoms with Crippen LogP contribution in [-0.2, 0) is 0 Å². The molecule has 0 nitrogen and oxygen atoms in total. The fraction of sp³-hybridized carbons (Fsp3) is 0.360. The predicted octanol–water partition coefficient (Wildman–Crippen LogP) is 7.63. The highest BCUT2D eigenvalue weighted by atomic mass is 14.3. The molecule has 3 rings (SSSR count). The lowest BCUT2D eigenvalue weighted by Gasteiger charge is -2.27. The lowest BCUT2D eigenvalue weighted by Crippen LogP contribution is -2.12. The quantitative estimate of drug-likeness (QED) is 0.528. The van der Waals surface area contributed by atoms with Crippen LogP contribution in [0.3, 0.4) is 0 Å². The number of fused-ring (bicyclic) bond motifs is 1. The minimum absolute atomic E-state index is 0.556. The second-order valence-corrected chi connectivity index (χ2v) is 7.56. The third kappa shape index (κ3) is 3.11. The summed E-state index contributed by atoms with van der Waals surface area (Å²) in [6.45, 7) is 15.4. The Morgan fingerprint density at radius 3 is 2.20 bits per heavy atom. The molecule has 0 radical (unpaired) electrons. The van der Waals surface area contributed by atoms with Crippen molar-refractivity contribution in [1.29, 1.82) is 0 Å². The number of allylic oxidation sites excluding steroid dienone is 2. The Kier molecular flexibility index (Phi) is 4.99. The molecule has 0 heterocycles. The van der Waals surface area contributed by atoms with Crippen molar-refractivity contribution in [2.45, 2.75) is 53.4 Å². The highest BCUT2D eigenvalue weighted by Crippen LogP contribution is 2.48. The van der Waals surface area contributed by atoms with E-state index < -0.39 is 0 Å². The molecule has 25 heavy (non-hydrogen) atoms. The predicted molar refractivity (Wildman–Crippen MR) is 112 cm³/mol. The van der Waals surface area contributed by atoms with E-state index in [-0.39, 0.29) is 0 Å². The van der Waals surface area contributed by atoms with Crippen molar-refractivity contribution in [3.05, 3.63) is 70.8 Å². The van der Waals surface area contributed by atoms with Crippen molar-refractivity contribution in [3.63, 3.8) is 0 Å². The molecular weight excluding hydrogens is 300 g/mol. The van der Waals surface area contributed by atoms with E-state index >= 15 is 0 Å². The van der Waals surface area contributed by atoms with Crippen LogP contribution in [0.15, 0.2) is 48.6 Å². The Hall–Kier alpha value is -2.08. The molecule has 0 aliphatic heterocycles. The smallest absolute Gasteiger partial charge is 0.00890 e. The molecule has 1 aliphatic rings. The van der Waals surface area contributed by atoms with Gasteiger partial charge in [-0.1, -0.05) is 86.9 Å².